The molecule has 0 aliphatic carbocycles. The van der Waals surface area contributed by atoms with E-state index in [1.165, 1.54) is 0 Å². The van der Waals surface area contributed by atoms with Gasteiger partial charge in [0, 0.05) is 42.8 Å². The summed E-state index contributed by atoms with van der Waals surface area (Å²) in [5.41, 5.74) is 9.40. The lowest BCUT2D eigenvalue weighted by Gasteiger charge is -2.35. The Morgan fingerprint density at radius 3 is 2.07 bits per heavy atom. The molecule has 1 aliphatic rings. The second kappa shape index (κ2) is 16.5. The number of nitrogens with one attached hydrogen (secondary N) is 3. The molecule has 0 saturated carbocycles. The van der Waals surface area contributed by atoms with Crippen LogP contribution < -0.4 is 16.3 Å². The predicted octanol–water partition coefficient (Wildman–Crippen LogP) is 4.78. The van der Waals surface area contributed by atoms with E-state index in [1.807, 2.05) is 4.90 Å². The molecular weight excluding hydrogens is 616 g/mol. The molecule has 3 N–H and O–H groups in total. The number of rotatable bonds is 9. The zero-order valence-corrected chi connectivity index (χ0v) is 25.6. The third-order valence-corrected chi connectivity index (χ3v) is 6.87. The van der Waals surface area contributed by atoms with E-state index in [-0.39, 0.29) is 24.9 Å². The number of piperazine rings is 1. The summed E-state index contributed by atoms with van der Waals surface area (Å²) in [6.07, 6.45) is 0. The van der Waals surface area contributed by atoms with E-state index in [1.54, 1.807) is 50.2 Å². The van der Waals surface area contributed by atoms with Gasteiger partial charge in [-0.15, -0.1) is 5.10 Å². The maximum absolute atomic E-state index is 12.7. The highest BCUT2D eigenvalue weighted by molar-refractivity contribution is 6.37. The number of nitrogens with zero attached hydrogens (tertiary/aromatic N) is 4. The van der Waals surface area contributed by atoms with Crippen molar-refractivity contribution in [2.75, 3.05) is 63.3 Å². The Labute approximate surface area is 258 Å². The first kappa shape index (κ1) is 32.6. The van der Waals surface area contributed by atoms with Crippen molar-refractivity contribution in [3.63, 3.8) is 0 Å². The topological polar surface area (TPSA) is 120 Å². The number of amidine groups is 2. The van der Waals surface area contributed by atoms with Crippen LogP contribution in [0.4, 0.5) is 11.4 Å². The van der Waals surface area contributed by atoms with Crippen LogP contribution in [0, 0.1) is 0 Å². The zero-order chi connectivity index (χ0) is 29.8. The van der Waals surface area contributed by atoms with Gasteiger partial charge in [0.15, 0.2) is 0 Å². The van der Waals surface area contributed by atoms with E-state index in [4.69, 9.17) is 55.9 Å². The molecule has 0 spiro atoms. The first-order valence-electron chi connectivity index (χ1n) is 12.8. The second-order valence-electron chi connectivity index (χ2n) is 8.55. The number of carbonyl (C=O) groups is 2. The first-order valence-corrected chi connectivity index (χ1v) is 14.3. The number of hydrazine groups is 1. The Kier molecular flexibility index (Phi) is 13.1. The fourth-order valence-corrected chi connectivity index (χ4v) is 4.37. The molecule has 0 atom stereocenters. The monoisotopic (exact) mass is 645 g/mol. The Morgan fingerprint density at radius 1 is 0.854 bits per heavy atom. The molecule has 0 bridgehead atoms. The molecule has 11 nitrogen and oxygen atoms in total. The average molecular weight is 647 g/mol. The molecule has 1 saturated heterocycles. The third-order valence-electron chi connectivity index (χ3n) is 5.74. The third kappa shape index (κ3) is 10.1. The van der Waals surface area contributed by atoms with Gasteiger partial charge in [-0.2, -0.15) is 0 Å². The van der Waals surface area contributed by atoms with Crippen LogP contribution in [0.25, 0.3) is 0 Å². The lowest BCUT2D eigenvalue weighted by Crippen LogP contribution is -2.51. The van der Waals surface area contributed by atoms with Crippen molar-refractivity contribution in [3.05, 3.63) is 56.5 Å². The van der Waals surface area contributed by atoms with Gasteiger partial charge < -0.3 is 14.4 Å². The molecule has 1 heterocycles. The van der Waals surface area contributed by atoms with Crippen molar-refractivity contribution in [3.8, 4) is 0 Å². The van der Waals surface area contributed by atoms with Crippen LogP contribution in [0.3, 0.4) is 0 Å². The molecule has 3 rings (SSSR count). The average Bonchev–Trinajstić information content (AvgIpc) is 2.95. The number of hydrogen-bond acceptors (Lipinski definition) is 9. The normalized spacial score (nSPS) is 14.4. The Morgan fingerprint density at radius 2 is 1.44 bits per heavy atom. The maximum Gasteiger partial charge on any atom is 0.375 e. The van der Waals surface area contributed by atoms with E-state index in [0.29, 0.717) is 70.7 Å². The minimum Gasteiger partial charge on any atom is -0.460 e. The quantitative estimate of drug-likeness (QED) is 0.153. The highest BCUT2D eigenvalue weighted by Gasteiger charge is 2.26. The predicted molar refractivity (Wildman–Crippen MR) is 164 cm³/mol. The molecule has 2 aromatic rings. The number of hydrogen-bond donors (Lipinski definition) is 3. The summed E-state index contributed by atoms with van der Waals surface area (Å²) in [6.45, 7) is 7.03. The molecule has 0 amide bonds. The Bertz CT molecular complexity index is 1270. The molecule has 0 radical (unpaired) electrons. The van der Waals surface area contributed by atoms with Gasteiger partial charge >= 0.3 is 11.9 Å². The largest absolute Gasteiger partial charge is 0.460 e. The Hall–Kier alpha value is -2.96. The number of carbonyl (C=O) groups excluding carboxylic acids is 2. The van der Waals surface area contributed by atoms with Crippen LogP contribution >= 0.6 is 46.4 Å². The van der Waals surface area contributed by atoms with Crippen molar-refractivity contribution >= 4 is 81.4 Å². The Balaban J connectivity index is 1.59. The fourth-order valence-electron chi connectivity index (χ4n) is 3.70. The van der Waals surface area contributed by atoms with E-state index in [0.717, 1.165) is 0 Å². The standard InChI is InChI=1S/C26H31Cl4N7O4/c1-3-40-25(38)23(34-32-21-15-17(27)5-7-19(21)29)31-9-10-36-11-13-37(14-12-36)24(26(39)41-4-2)35-33-22-16-18(28)6-8-20(22)30/h5-8,15-16,32-33H,3-4,9-14H2,1-2H3,(H,31,34). The van der Waals surface area contributed by atoms with Gasteiger partial charge in [0.05, 0.1) is 41.2 Å². The maximum atomic E-state index is 12.7. The van der Waals surface area contributed by atoms with Crippen LogP contribution in [0.15, 0.2) is 46.5 Å². The molecule has 1 aliphatic heterocycles. The summed E-state index contributed by atoms with van der Waals surface area (Å²) in [5.74, 6) is -1.01. The van der Waals surface area contributed by atoms with Crippen molar-refractivity contribution in [1.29, 1.82) is 0 Å². The first-order chi connectivity index (χ1) is 19.7. The van der Waals surface area contributed by atoms with Crippen molar-refractivity contribution in [2.45, 2.75) is 13.8 Å². The molecule has 0 unspecified atom stereocenters. The van der Waals surface area contributed by atoms with Gasteiger partial charge in [0.2, 0.25) is 11.7 Å². The summed E-state index contributed by atoms with van der Waals surface area (Å²) in [5, 5.41) is 6.08. The van der Waals surface area contributed by atoms with Crippen molar-refractivity contribution in [1.82, 2.24) is 15.2 Å². The number of esters is 2. The van der Waals surface area contributed by atoms with Gasteiger partial charge in [-0.25, -0.2) is 9.59 Å². The summed E-state index contributed by atoms with van der Waals surface area (Å²) < 4.78 is 10.3. The lowest BCUT2D eigenvalue weighted by molar-refractivity contribution is -0.136. The number of benzene rings is 2. The molecule has 0 aromatic heterocycles. The molecule has 41 heavy (non-hydrogen) atoms. The van der Waals surface area contributed by atoms with E-state index >= 15 is 0 Å². The van der Waals surface area contributed by atoms with Gasteiger partial charge in [-0.3, -0.25) is 26.2 Å². The summed E-state index contributed by atoms with van der Waals surface area (Å²) in [7, 11) is 0. The smallest absolute Gasteiger partial charge is 0.375 e. The van der Waals surface area contributed by atoms with Gasteiger partial charge in [-0.1, -0.05) is 46.4 Å². The lowest BCUT2D eigenvalue weighted by atomic mass is 10.3. The molecule has 222 valence electrons. The minimum absolute atomic E-state index is 0.00371. The molecule has 15 heteroatoms. The van der Waals surface area contributed by atoms with E-state index in [2.05, 4.69) is 31.3 Å². The molecule has 1 fully saturated rings. The number of halogens is 4. The minimum atomic E-state index is -0.606. The fraction of sp³-hybridized carbons (Fsp3) is 0.385. The van der Waals surface area contributed by atoms with E-state index < -0.39 is 11.9 Å². The number of hydrazone groups is 1. The van der Waals surface area contributed by atoms with E-state index in [9.17, 15) is 9.59 Å². The van der Waals surface area contributed by atoms with Crippen molar-refractivity contribution < 1.29 is 19.1 Å². The highest BCUT2D eigenvalue weighted by Crippen LogP contribution is 2.26. The summed E-state index contributed by atoms with van der Waals surface area (Å²) >= 11 is 24.5. The zero-order valence-electron chi connectivity index (χ0n) is 22.6. The molecule has 2 aromatic carbocycles. The van der Waals surface area contributed by atoms with Gasteiger partial charge in [0.25, 0.3) is 0 Å². The summed E-state index contributed by atoms with van der Waals surface area (Å²) in [6, 6.07) is 9.82. The van der Waals surface area contributed by atoms with Crippen LogP contribution in [-0.2, 0) is 19.1 Å². The van der Waals surface area contributed by atoms with Crippen LogP contribution in [0.1, 0.15) is 13.8 Å². The van der Waals surface area contributed by atoms with Gasteiger partial charge in [-0.05, 0) is 50.2 Å². The second-order valence-corrected chi connectivity index (χ2v) is 10.2. The van der Waals surface area contributed by atoms with Gasteiger partial charge in [0.1, 0.15) is 0 Å². The number of aliphatic imine (C=N–C) groups is 1. The van der Waals surface area contributed by atoms with Crippen LogP contribution in [0.2, 0.25) is 20.1 Å². The SMILES string of the molecule is CCOC(=O)C(=NCCN1CCN(C(=NNc2cc(Cl)ccc2Cl)C(=O)OCC)CC1)NNc1cc(Cl)ccc1Cl. The summed E-state index contributed by atoms with van der Waals surface area (Å²) in [4.78, 5) is 33.5. The molecular formula is C26H31Cl4N7O4. The van der Waals surface area contributed by atoms with Crippen LogP contribution in [0.5, 0.6) is 0 Å². The van der Waals surface area contributed by atoms with Crippen molar-refractivity contribution in [2.24, 2.45) is 10.1 Å². The highest BCUT2D eigenvalue weighted by atomic mass is 35.5. The number of anilines is 2. The van der Waals surface area contributed by atoms with Crippen LogP contribution in [-0.4, -0.2) is 85.9 Å². The number of ether oxygens (including phenoxy) is 2.